The van der Waals surface area contributed by atoms with E-state index in [1.165, 1.54) is 22.3 Å². The van der Waals surface area contributed by atoms with Gasteiger partial charge in [0.25, 0.3) is 0 Å². The molecule has 0 saturated heterocycles. The second-order valence-corrected chi connectivity index (χ2v) is 6.03. The molecule has 0 bridgehead atoms. The molecular weight excluding hydrogens is 393 g/mol. The number of thioether (sulfide) groups is 1. The molecule has 0 spiro atoms. The number of hydrogen-bond acceptors (Lipinski definition) is 2. The maximum absolute atomic E-state index is 4.24. The van der Waals surface area contributed by atoms with Crippen LogP contribution in [0, 0.1) is 20.8 Å². The molecule has 0 unspecified atom stereocenters. The minimum atomic E-state index is 0. The molecule has 3 nitrogen and oxygen atoms in total. The summed E-state index contributed by atoms with van der Waals surface area (Å²) in [4.78, 5) is 4.24. The minimum absolute atomic E-state index is 0. The first-order valence-electron chi connectivity index (χ1n) is 7.08. The quantitative estimate of drug-likeness (QED) is 0.320. The molecule has 0 heterocycles. The number of aliphatic imine (C=N–C) groups is 1. The number of rotatable bonds is 6. The number of nitrogens with zero attached hydrogens (tertiary/aromatic N) is 1. The van der Waals surface area contributed by atoms with E-state index in [0.29, 0.717) is 0 Å². The SMILES string of the molecule is CN=C(NCCSC)NCCc1c(C)cc(C)cc1C.I. The fourth-order valence-corrected chi connectivity index (χ4v) is 2.71. The van der Waals surface area contributed by atoms with Crippen LogP contribution >= 0.6 is 35.7 Å². The fourth-order valence-electron chi connectivity index (χ4n) is 2.40. The third-order valence-corrected chi connectivity index (χ3v) is 3.94. The van der Waals surface area contributed by atoms with Crippen LogP contribution in [0.1, 0.15) is 22.3 Å². The average molecular weight is 421 g/mol. The number of guanidine groups is 1. The van der Waals surface area contributed by atoms with Crippen molar-refractivity contribution in [3.63, 3.8) is 0 Å². The Kier molecular flexibility index (Phi) is 11.0. The first kappa shape index (κ1) is 20.6. The molecular formula is C16H28IN3S. The summed E-state index contributed by atoms with van der Waals surface area (Å²) in [6, 6.07) is 4.52. The van der Waals surface area contributed by atoms with Gasteiger partial charge in [-0.05, 0) is 50.1 Å². The van der Waals surface area contributed by atoms with E-state index in [9.17, 15) is 0 Å². The smallest absolute Gasteiger partial charge is 0.191 e. The lowest BCUT2D eigenvalue weighted by atomic mass is 9.97. The molecule has 120 valence electrons. The van der Waals surface area contributed by atoms with Crippen LogP contribution < -0.4 is 10.6 Å². The van der Waals surface area contributed by atoms with Gasteiger partial charge in [0.1, 0.15) is 0 Å². The van der Waals surface area contributed by atoms with E-state index in [2.05, 4.69) is 54.8 Å². The van der Waals surface area contributed by atoms with Gasteiger partial charge in [0.05, 0.1) is 0 Å². The van der Waals surface area contributed by atoms with Crippen molar-refractivity contribution in [2.45, 2.75) is 27.2 Å². The molecule has 5 heteroatoms. The topological polar surface area (TPSA) is 36.4 Å². The van der Waals surface area contributed by atoms with Crippen molar-refractivity contribution in [2.75, 3.05) is 32.1 Å². The second-order valence-electron chi connectivity index (χ2n) is 5.05. The van der Waals surface area contributed by atoms with Gasteiger partial charge in [-0.25, -0.2) is 0 Å². The molecule has 0 aliphatic rings. The van der Waals surface area contributed by atoms with Gasteiger partial charge in [-0.15, -0.1) is 24.0 Å². The number of halogens is 1. The molecule has 0 saturated carbocycles. The fraction of sp³-hybridized carbons (Fsp3) is 0.562. The summed E-state index contributed by atoms with van der Waals surface area (Å²) in [6.45, 7) is 8.40. The van der Waals surface area contributed by atoms with Crippen LogP contribution in [0.4, 0.5) is 0 Å². The Balaban J connectivity index is 0.00000400. The van der Waals surface area contributed by atoms with Crippen LogP contribution in [-0.4, -0.2) is 38.1 Å². The van der Waals surface area contributed by atoms with Crippen LogP contribution in [0.5, 0.6) is 0 Å². The van der Waals surface area contributed by atoms with Crippen LogP contribution in [-0.2, 0) is 6.42 Å². The zero-order chi connectivity index (χ0) is 15.0. The van der Waals surface area contributed by atoms with Crippen molar-refractivity contribution in [2.24, 2.45) is 4.99 Å². The Morgan fingerprint density at radius 3 is 2.19 bits per heavy atom. The number of nitrogens with one attached hydrogen (secondary N) is 2. The highest BCUT2D eigenvalue weighted by Gasteiger charge is 2.04. The Hall–Kier alpha value is -0.430. The van der Waals surface area contributed by atoms with Crippen molar-refractivity contribution >= 4 is 41.7 Å². The molecule has 1 rings (SSSR count). The van der Waals surface area contributed by atoms with Crippen molar-refractivity contribution < 1.29 is 0 Å². The van der Waals surface area contributed by atoms with Gasteiger partial charge in [0.15, 0.2) is 5.96 Å². The average Bonchev–Trinajstić information content (AvgIpc) is 2.39. The molecule has 1 aromatic carbocycles. The van der Waals surface area contributed by atoms with E-state index in [1.807, 2.05) is 18.8 Å². The van der Waals surface area contributed by atoms with Gasteiger partial charge in [-0.3, -0.25) is 4.99 Å². The standard InChI is InChI=1S/C16H27N3S.HI/c1-12-10-13(2)15(14(3)11-12)6-7-18-16(17-4)19-8-9-20-5;/h10-11H,6-9H2,1-5H3,(H2,17,18,19);1H. The highest BCUT2D eigenvalue weighted by atomic mass is 127. The normalized spacial score (nSPS) is 11.0. The maximum Gasteiger partial charge on any atom is 0.191 e. The Morgan fingerprint density at radius 2 is 1.67 bits per heavy atom. The summed E-state index contributed by atoms with van der Waals surface area (Å²) in [6.07, 6.45) is 3.14. The maximum atomic E-state index is 4.24. The summed E-state index contributed by atoms with van der Waals surface area (Å²) in [7, 11) is 1.82. The Labute approximate surface area is 150 Å². The largest absolute Gasteiger partial charge is 0.356 e. The van der Waals surface area contributed by atoms with Crippen LogP contribution in [0.2, 0.25) is 0 Å². The molecule has 0 aromatic heterocycles. The molecule has 0 atom stereocenters. The van der Waals surface area contributed by atoms with Crippen LogP contribution in [0.15, 0.2) is 17.1 Å². The first-order valence-corrected chi connectivity index (χ1v) is 8.48. The monoisotopic (exact) mass is 421 g/mol. The Morgan fingerprint density at radius 1 is 1.10 bits per heavy atom. The molecule has 0 fully saturated rings. The lowest BCUT2D eigenvalue weighted by Gasteiger charge is -2.14. The van der Waals surface area contributed by atoms with E-state index >= 15 is 0 Å². The van der Waals surface area contributed by atoms with Crippen molar-refractivity contribution in [3.8, 4) is 0 Å². The summed E-state index contributed by atoms with van der Waals surface area (Å²) >= 11 is 1.83. The van der Waals surface area contributed by atoms with E-state index in [4.69, 9.17) is 0 Å². The number of aryl methyl sites for hydroxylation is 3. The lowest BCUT2D eigenvalue weighted by Crippen LogP contribution is -2.39. The molecule has 1 aromatic rings. The van der Waals surface area contributed by atoms with Gasteiger partial charge in [-0.1, -0.05) is 17.7 Å². The van der Waals surface area contributed by atoms with E-state index in [1.54, 1.807) is 0 Å². The lowest BCUT2D eigenvalue weighted by molar-refractivity contribution is 0.806. The van der Waals surface area contributed by atoms with Crippen molar-refractivity contribution in [1.29, 1.82) is 0 Å². The minimum Gasteiger partial charge on any atom is -0.356 e. The van der Waals surface area contributed by atoms with Crippen LogP contribution in [0.25, 0.3) is 0 Å². The highest BCUT2D eigenvalue weighted by molar-refractivity contribution is 14.0. The van der Waals surface area contributed by atoms with Crippen LogP contribution in [0.3, 0.4) is 0 Å². The van der Waals surface area contributed by atoms with E-state index in [0.717, 1.165) is 31.2 Å². The van der Waals surface area contributed by atoms with E-state index in [-0.39, 0.29) is 24.0 Å². The second kappa shape index (κ2) is 11.2. The number of benzene rings is 1. The zero-order valence-corrected chi connectivity index (χ0v) is 16.9. The third-order valence-electron chi connectivity index (χ3n) is 3.33. The molecule has 0 aliphatic carbocycles. The summed E-state index contributed by atoms with van der Waals surface area (Å²) in [5.74, 6) is 1.98. The van der Waals surface area contributed by atoms with Gasteiger partial charge >= 0.3 is 0 Å². The zero-order valence-electron chi connectivity index (χ0n) is 13.7. The molecule has 21 heavy (non-hydrogen) atoms. The highest BCUT2D eigenvalue weighted by Crippen LogP contribution is 2.16. The van der Waals surface area contributed by atoms with Crippen molar-refractivity contribution in [3.05, 3.63) is 34.4 Å². The van der Waals surface area contributed by atoms with Gasteiger partial charge in [0.2, 0.25) is 0 Å². The summed E-state index contributed by atoms with van der Waals surface area (Å²) < 4.78 is 0. The summed E-state index contributed by atoms with van der Waals surface area (Å²) in [5, 5.41) is 6.69. The van der Waals surface area contributed by atoms with Gasteiger partial charge in [0, 0.05) is 25.9 Å². The molecule has 2 N–H and O–H groups in total. The van der Waals surface area contributed by atoms with Gasteiger partial charge in [-0.2, -0.15) is 11.8 Å². The molecule has 0 aliphatic heterocycles. The predicted octanol–water partition coefficient (Wildman–Crippen LogP) is 3.30. The Bertz CT molecular complexity index is 438. The molecule has 0 radical (unpaired) electrons. The van der Waals surface area contributed by atoms with E-state index < -0.39 is 0 Å². The molecule has 0 amide bonds. The number of hydrogen-bond donors (Lipinski definition) is 2. The predicted molar refractivity (Wildman–Crippen MR) is 108 cm³/mol. The van der Waals surface area contributed by atoms with Crippen molar-refractivity contribution in [1.82, 2.24) is 10.6 Å². The third kappa shape index (κ3) is 7.40. The summed E-state index contributed by atoms with van der Waals surface area (Å²) in [5.41, 5.74) is 5.55. The van der Waals surface area contributed by atoms with Gasteiger partial charge < -0.3 is 10.6 Å². The first-order chi connectivity index (χ1) is 9.58.